The normalized spacial score (nSPS) is 10.9. The highest BCUT2D eigenvalue weighted by Gasteiger charge is 1.93. The van der Waals surface area contributed by atoms with Crippen LogP contribution in [0.1, 0.15) is 26.7 Å². The second kappa shape index (κ2) is 7.19. The third-order valence-electron chi connectivity index (χ3n) is 1.95. The molecule has 0 unspecified atom stereocenters. The van der Waals surface area contributed by atoms with Crippen molar-refractivity contribution < 1.29 is 0 Å². The number of allylic oxidation sites excluding steroid dienone is 4. The van der Waals surface area contributed by atoms with Gasteiger partial charge in [-0.15, -0.1) is 0 Å². The van der Waals surface area contributed by atoms with Crippen LogP contribution in [0.25, 0.3) is 0 Å². The van der Waals surface area contributed by atoms with Crippen LogP contribution < -0.4 is 5.32 Å². The minimum Gasteiger partial charge on any atom is -0.389 e. The van der Waals surface area contributed by atoms with Gasteiger partial charge in [-0.2, -0.15) is 0 Å². The van der Waals surface area contributed by atoms with Crippen molar-refractivity contribution in [2.24, 2.45) is 0 Å². The van der Waals surface area contributed by atoms with Crippen molar-refractivity contribution in [3.8, 4) is 0 Å². The Morgan fingerprint density at radius 2 is 2.00 bits per heavy atom. The van der Waals surface area contributed by atoms with Crippen LogP contribution in [0.15, 0.2) is 48.7 Å². The molecule has 0 aliphatic carbocycles. The summed E-state index contributed by atoms with van der Waals surface area (Å²) < 4.78 is 0. The fourth-order valence-electron chi connectivity index (χ4n) is 1.02. The lowest BCUT2D eigenvalue weighted by molar-refractivity contribution is 0.793. The van der Waals surface area contributed by atoms with Crippen LogP contribution in [0, 0.1) is 0 Å². The highest BCUT2D eigenvalue weighted by Crippen LogP contribution is 2.08. The Morgan fingerprint density at radius 1 is 1.36 bits per heavy atom. The zero-order valence-corrected chi connectivity index (χ0v) is 9.40. The van der Waals surface area contributed by atoms with E-state index in [1.165, 1.54) is 5.57 Å². The highest BCUT2D eigenvalue weighted by molar-refractivity contribution is 5.27. The molecule has 0 aromatic carbocycles. The predicted octanol–water partition coefficient (Wildman–Crippen LogP) is 3.58. The van der Waals surface area contributed by atoms with Gasteiger partial charge in [-0.1, -0.05) is 44.4 Å². The van der Waals surface area contributed by atoms with Gasteiger partial charge < -0.3 is 5.32 Å². The minimum absolute atomic E-state index is 0.907. The molecule has 0 saturated carbocycles. The molecule has 0 fully saturated rings. The quantitative estimate of drug-likeness (QED) is 0.606. The smallest absolute Gasteiger partial charge is 0.0184 e. The molecule has 0 bridgehead atoms. The van der Waals surface area contributed by atoms with Crippen LogP contribution in [0.5, 0.6) is 0 Å². The Hall–Kier alpha value is -1.24. The van der Waals surface area contributed by atoms with E-state index >= 15 is 0 Å². The maximum absolute atomic E-state index is 3.94. The van der Waals surface area contributed by atoms with E-state index in [0.717, 1.165) is 30.7 Å². The Labute approximate surface area is 87.9 Å². The van der Waals surface area contributed by atoms with Crippen molar-refractivity contribution in [3.05, 3.63) is 48.7 Å². The van der Waals surface area contributed by atoms with Gasteiger partial charge in [0, 0.05) is 12.2 Å². The Kier molecular flexibility index (Phi) is 6.55. The molecule has 0 saturated heterocycles. The molecule has 0 amide bonds. The molecule has 0 radical (unpaired) electrons. The summed E-state index contributed by atoms with van der Waals surface area (Å²) in [5.74, 6) is 0. The third kappa shape index (κ3) is 6.30. The van der Waals surface area contributed by atoms with Crippen LogP contribution in [0.4, 0.5) is 0 Å². The van der Waals surface area contributed by atoms with E-state index in [2.05, 4.69) is 38.1 Å². The molecule has 0 heterocycles. The van der Waals surface area contributed by atoms with Gasteiger partial charge >= 0.3 is 0 Å². The van der Waals surface area contributed by atoms with Crippen LogP contribution in [0.2, 0.25) is 0 Å². The predicted molar refractivity (Wildman–Crippen MR) is 65.1 cm³/mol. The summed E-state index contributed by atoms with van der Waals surface area (Å²) in [5.41, 5.74) is 3.38. The monoisotopic (exact) mass is 191 g/mol. The lowest BCUT2D eigenvalue weighted by Crippen LogP contribution is -2.11. The zero-order chi connectivity index (χ0) is 11.0. The molecule has 0 aliphatic heterocycles. The fraction of sp³-hybridized carbons (Fsp3) is 0.385. The molecule has 0 aliphatic rings. The SMILES string of the molecule is C=C/C(=C/C(=C)CC)CCNC(=C)C. The molecular weight excluding hydrogens is 170 g/mol. The van der Waals surface area contributed by atoms with Crippen molar-refractivity contribution in [2.75, 3.05) is 6.54 Å². The lowest BCUT2D eigenvalue weighted by Gasteiger charge is -2.06. The molecule has 14 heavy (non-hydrogen) atoms. The van der Waals surface area contributed by atoms with Gasteiger partial charge in [0.25, 0.3) is 0 Å². The van der Waals surface area contributed by atoms with Gasteiger partial charge in [-0.05, 0) is 25.3 Å². The van der Waals surface area contributed by atoms with Crippen molar-refractivity contribution in [2.45, 2.75) is 26.7 Å². The van der Waals surface area contributed by atoms with Crippen molar-refractivity contribution in [1.82, 2.24) is 5.32 Å². The van der Waals surface area contributed by atoms with Gasteiger partial charge in [0.05, 0.1) is 0 Å². The number of nitrogens with one attached hydrogen (secondary N) is 1. The lowest BCUT2D eigenvalue weighted by atomic mass is 10.1. The molecular formula is C13H21N. The fourth-order valence-corrected chi connectivity index (χ4v) is 1.02. The molecule has 1 N–H and O–H groups in total. The van der Waals surface area contributed by atoms with Crippen molar-refractivity contribution in [3.63, 3.8) is 0 Å². The van der Waals surface area contributed by atoms with E-state index in [4.69, 9.17) is 0 Å². The van der Waals surface area contributed by atoms with E-state index < -0.39 is 0 Å². The van der Waals surface area contributed by atoms with Gasteiger partial charge in [0.1, 0.15) is 0 Å². The summed E-state index contributed by atoms with van der Waals surface area (Å²) in [7, 11) is 0. The van der Waals surface area contributed by atoms with E-state index in [1.54, 1.807) is 0 Å². The topological polar surface area (TPSA) is 12.0 Å². The highest BCUT2D eigenvalue weighted by atomic mass is 14.9. The molecule has 0 aromatic rings. The molecule has 0 atom stereocenters. The first-order valence-corrected chi connectivity index (χ1v) is 5.00. The third-order valence-corrected chi connectivity index (χ3v) is 1.95. The summed E-state index contributed by atoms with van der Waals surface area (Å²) in [6.07, 6.45) is 5.95. The standard InChI is InChI=1S/C13H21N/c1-6-12(5)10-13(7-2)8-9-14-11(3)4/h7,10,14H,2-3,5-6,8-9H2,1,4H3/b13-10-. The summed E-state index contributed by atoms with van der Waals surface area (Å²) in [5, 5.41) is 3.19. The Balaban J connectivity index is 4.03. The van der Waals surface area contributed by atoms with E-state index in [0.29, 0.717) is 0 Å². The Morgan fingerprint density at radius 3 is 2.43 bits per heavy atom. The van der Waals surface area contributed by atoms with E-state index in [9.17, 15) is 0 Å². The first-order chi connectivity index (χ1) is 6.60. The molecule has 78 valence electrons. The second-order valence-electron chi connectivity index (χ2n) is 3.39. The minimum atomic E-state index is 0.907. The largest absolute Gasteiger partial charge is 0.389 e. The molecule has 0 spiro atoms. The van der Waals surface area contributed by atoms with Crippen LogP contribution >= 0.6 is 0 Å². The second-order valence-corrected chi connectivity index (χ2v) is 3.39. The van der Waals surface area contributed by atoms with Crippen LogP contribution in [-0.4, -0.2) is 6.54 Å². The Bertz CT molecular complexity index is 246. The van der Waals surface area contributed by atoms with Gasteiger partial charge in [-0.25, -0.2) is 0 Å². The summed E-state index contributed by atoms with van der Waals surface area (Å²) in [6, 6.07) is 0. The van der Waals surface area contributed by atoms with Crippen molar-refractivity contribution >= 4 is 0 Å². The van der Waals surface area contributed by atoms with Crippen LogP contribution in [-0.2, 0) is 0 Å². The zero-order valence-electron chi connectivity index (χ0n) is 9.40. The molecule has 1 nitrogen and oxygen atoms in total. The van der Waals surface area contributed by atoms with Crippen LogP contribution in [0.3, 0.4) is 0 Å². The van der Waals surface area contributed by atoms with Gasteiger partial charge in [0.2, 0.25) is 0 Å². The number of hydrogen-bond acceptors (Lipinski definition) is 1. The molecule has 1 heteroatoms. The first kappa shape index (κ1) is 12.8. The van der Waals surface area contributed by atoms with E-state index in [-0.39, 0.29) is 0 Å². The summed E-state index contributed by atoms with van der Waals surface area (Å²) in [4.78, 5) is 0. The maximum atomic E-state index is 3.94. The van der Waals surface area contributed by atoms with Gasteiger partial charge in [0.15, 0.2) is 0 Å². The average Bonchev–Trinajstić information content (AvgIpc) is 2.15. The summed E-state index contributed by atoms with van der Waals surface area (Å²) in [6.45, 7) is 16.5. The average molecular weight is 191 g/mol. The van der Waals surface area contributed by atoms with E-state index in [1.807, 2.05) is 13.0 Å². The summed E-state index contributed by atoms with van der Waals surface area (Å²) >= 11 is 0. The first-order valence-electron chi connectivity index (χ1n) is 5.00. The van der Waals surface area contributed by atoms with Crippen molar-refractivity contribution in [1.29, 1.82) is 0 Å². The molecule has 0 aromatic heterocycles. The number of hydrogen-bond donors (Lipinski definition) is 1. The molecule has 0 rings (SSSR count). The maximum Gasteiger partial charge on any atom is 0.0184 e. The van der Waals surface area contributed by atoms with Gasteiger partial charge in [-0.3, -0.25) is 0 Å². The number of rotatable bonds is 7.